The molecule has 2 aromatic heterocycles. The van der Waals surface area contributed by atoms with E-state index in [1.807, 2.05) is 19.1 Å². The van der Waals surface area contributed by atoms with Crippen LogP contribution in [0.5, 0.6) is 0 Å². The third-order valence-corrected chi connectivity index (χ3v) is 3.53. The van der Waals surface area contributed by atoms with E-state index in [0.717, 1.165) is 11.1 Å². The Morgan fingerprint density at radius 1 is 1.33 bits per heavy atom. The minimum atomic E-state index is -0.238. The van der Waals surface area contributed by atoms with Crippen LogP contribution < -0.4 is 5.32 Å². The number of nitrogens with one attached hydrogen (secondary N) is 1. The molecule has 0 aliphatic carbocycles. The number of amides is 1. The fourth-order valence-electron chi connectivity index (χ4n) is 2.23. The summed E-state index contributed by atoms with van der Waals surface area (Å²) in [5, 5.41) is 8.37. The van der Waals surface area contributed by atoms with E-state index in [-0.39, 0.29) is 5.91 Å². The summed E-state index contributed by atoms with van der Waals surface area (Å²) in [5.74, 6) is 0.398. The second kappa shape index (κ2) is 5.18. The third-order valence-electron chi connectivity index (χ3n) is 3.20. The summed E-state index contributed by atoms with van der Waals surface area (Å²) in [5.41, 5.74) is 1.90. The van der Waals surface area contributed by atoms with Gasteiger partial charge in [0.2, 0.25) is 0 Å². The maximum absolute atomic E-state index is 12.5. The van der Waals surface area contributed by atoms with Gasteiger partial charge in [-0.15, -0.1) is 0 Å². The molecule has 0 saturated carbocycles. The summed E-state index contributed by atoms with van der Waals surface area (Å²) in [4.78, 5) is 16.7. The largest absolute Gasteiger partial charge is 0.307 e. The van der Waals surface area contributed by atoms with Crippen molar-refractivity contribution in [1.82, 2.24) is 14.8 Å². The predicted octanol–water partition coefficient (Wildman–Crippen LogP) is 3.18. The van der Waals surface area contributed by atoms with Crippen LogP contribution in [-0.2, 0) is 7.05 Å². The summed E-state index contributed by atoms with van der Waals surface area (Å²) in [6.45, 7) is 1.87. The highest BCUT2D eigenvalue weighted by molar-refractivity contribution is 6.36. The Morgan fingerprint density at radius 2 is 2.14 bits per heavy atom. The van der Waals surface area contributed by atoms with Gasteiger partial charge in [0.05, 0.1) is 21.8 Å². The number of fused-ring (bicyclic) bond motifs is 1. The number of nitrogens with zero attached hydrogens (tertiary/aromatic N) is 3. The molecule has 106 valence electrons. The first-order valence-electron chi connectivity index (χ1n) is 6.41. The maximum atomic E-state index is 12.5. The number of carbonyl (C=O) groups excluding carboxylic acids is 1. The predicted molar refractivity (Wildman–Crippen MR) is 82.7 cm³/mol. The van der Waals surface area contributed by atoms with Crippen LogP contribution in [0.25, 0.3) is 10.9 Å². The second-order valence-electron chi connectivity index (χ2n) is 4.74. The number of aryl methyl sites for hydroxylation is 2. The summed E-state index contributed by atoms with van der Waals surface area (Å²) in [6.07, 6.45) is 1.64. The highest BCUT2D eigenvalue weighted by atomic mass is 35.5. The van der Waals surface area contributed by atoms with Gasteiger partial charge in [0, 0.05) is 24.7 Å². The molecule has 0 spiro atoms. The van der Waals surface area contributed by atoms with Crippen molar-refractivity contribution >= 4 is 34.2 Å². The van der Waals surface area contributed by atoms with Gasteiger partial charge in [-0.05, 0) is 31.2 Å². The van der Waals surface area contributed by atoms with Gasteiger partial charge in [-0.25, -0.2) is 0 Å². The third kappa shape index (κ3) is 2.48. The van der Waals surface area contributed by atoms with Crippen molar-refractivity contribution < 1.29 is 4.79 Å². The number of carbonyl (C=O) groups is 1. The molecular formula is C15H13ClN4O. The molecule has 0 atom stereocenters. The highest BCUT2D eigenvalue weighted by Gasteiger charge is 2.14. The fourth-order valence-corrected chi connectivity index (χ4v) is 2.45. The van der Waals surface area contributed by atoms with Gasteiger partial charge in [0.25, 0.3) is 5.91 Å². The van der Waals surface area contributed by atoms with Gasteiger partial charge in [-0.1, -0.05) is 11.6 Å². The zero-order chi connectivity index (χ0) is 15.0. The van der Waals surface area contributed by atoms with Gasteiger partial charge >= 0.3 is 0 Å². The van der Waals surface area contributed by atoms with Gasteiger partial charge in [0.1, 0.15) is 5.82 Å². The van der Waals surface area contributed by atoms with Gasteiger partial charge in [0.15, 0.2) is 0 Å². The minimum absolute atomic E-state index is 0.238. The molecule has 0 radical (unpaired) electrons. The van der Waals surface area contributed by atoms with Crippen molar-refractivity contribution in [1.29, 1.82) is 0 Å². The molecule has 6 heteroatoms. The Bertz CT molecular complexity index is 841. The number of hydrogen-bond donors (Lipinski definition) is 1. The van der Waals surface area contributed by atoms with Gasteiger partial charge < -0.3 is 5.32 Å². The summed E-state index contributed by atoms with van der Waals surface area (Å²) >= 11 is 6.14. The summed E-state index contributed by atoms with van der Waals surface area (Å²) in [6, 6.07) is 8.82. The van der Waals surface area contributed by atoms with Crippen molar-refractivity contribution in [3.63, 3.8) is 0 Å². The zero-order valence-corrected chi connectivity index (χ0v) is 12.3. The SMILES string of the molecule is Cc1cc(NC(=O)c2ccc(Cl)c3cccnc23)n(C)n1. The lowest BCUT2D eigenvalue weighted by Crippen LogP contribution is -2.15. The smallest absolute Gasteiger partial charge is 0.259 e. The van der Waals surface area contributed by atoms with E-state index < -0.39 is 0 Å². The molecule has 0 unspecified atom stereocenters. The van der Waals surface area contributed by atoms with E-state index in [1.54, 1.807) is 36.1 Å². The molecule has 1 N–H and O–H groups in total. The van der Waals surface area contributed by atoms with E-state index in [2.05, 4.69) is 15.4 Å². The Balaban J connectivity index is 2.02. The summed E-state index contributed by atoms with van der Waals surface area (Å²) < 4.78 is 1.62. The quantitative estimate of drug-likeness (QED) is 0.790. The van der Waals surface area contributed by atoms with Crippen LogP contribution in [0, 0.1) is 6.92 Å². The molecule has 0 aliphatic heterocycles. The molecule has 3 rings (SSSR count). The van der Waals surface area contributed by atoms with Gasteiger partial charge in [-0.2, -0.15) is 5.10 Å². The molecule has 3 aromatic rings. The van der Waals surface area contributed by atoms with E-state index >= 15 is 0 Å². The Morgan fingerprint density at radius 3 is 2.86 bits per heavy atom. The lowest BCUT2D eigenvalue weighted by atomic mass is 10.1. The van der Waals surface area contributed by atoms with Crippen LogP contribution >= 0.6 is 11.6 Å². The average Bonchev–Trinajstić information content (AvgIpc) is 2.77. The monoisotopic (exact) mass is 300 g/mol. The second-order valence-corrected chi connectivity index (χ2v) is 5.15. The van der Waals surface area contributed by atoms with Crippen LogP contribution in [0.3, 0.4) is 0 Å². The van der Waals surface area contributed by atoms with Crippen molar-refractivity contribution in [2.24, 2.45) is 7.05 Å². The normalized spacial score (nSPS) is 10.8. The van der Waals surface area contributed by atoms with Gasteiger partial charge in [-0.3, -0.25) is 14.5 Å². The Kier molecular flexibility index (Phi) is 3.35. The molecule has 1 amide bonds. The molecule has 5 nitrogen and oxygen atoms in total. The molecule has 0 fully saturated rings. The van der Waals surface area contributed by atoms with Crippen molar-refractivity contribution in [2.45, 2.75) is 6.92 Å². The number of rotatable bonds is 2. The number of anilines is 1. The molecule has 0 aliphatic rings. The molecule has 2 heterocycles. The van der Waals surface area contributed by atoms with Crippen LogP contribution in [0.1, 0.15) is 16.1 Å². The van der Waals surface area contributed by atoms with Crippen LogP contribution in [0.15, 0.2) is 36.5 Å². The Labute approximate surface area is 126 Å². The molecule has 0 saturated heterocycles. The molecular weight excluding hydrogens is 288 g/mol. The van der Waals surface area contributed by atoms with Crippen molar-refractivity contribution in [3.8, 4) is 0 Å². The highest BCUT2D eigenvalue weighted by Crippen LogP contribution is 2.25. The summed E-state index contributed by atoms with van der Waals surface area (Å²) in [7, 11) is 1.78. The molecule has 21 heavy (non-hydrogen) atoms. The minimum Gasteiger partial charge on any atom is -0.307 e. The van der Waals surface area contributed by atoms with E-state index in [9.17, 15) is 4.79 Å². The van der Waals surface area contributed by atoms with Crippen LogP contribution in [-0.4, -0.2) is 20.7 Å². The fraction of sp³-hybridized carbons (Fsp3) is 0.133. The van der Waals surface area contributed by atoms with E-state index in [0.29, 0.717) is 21.9 Å². The number of aromatic nitrogens is 3. The topological polar surface area (TPSA) is 59.8 Å². The number of benzene rings is 1. The number of pyridine rings is 1. The lowest BCUT2D eigenvalue weighted by molar-refractivity contribution is 0.102. The van der Waals surface area contributed by atoms with Crippen molar-refractivity contribution in [3.05, 3.63) is 52.8 Å². The van der Waals surface area contributed by atoms with Crippen LogP contribution in [0.2, 0.25) is 5.02 Å². The number of halogens is 1. The number of hydrogen-bond acceptors (Lipinski definition) is 3. The first-order chi connectivity index (χ1) is 10.1. The molecule has 0 bridgehead atoms. The van der Waals surface area contributed by atoms with E-state index in [1.165, 1.54) is 0 Å². The van der Waals surface area contributed by atoms with Crippen LogP contribution in [0.4, 0.5) is 5.82 Å². The zero-order valence-electron chi connectivity index (χ0n) is 11.6. The first-order valence-corrected chi connectivity index (χ1v) is 6.79. The lowest BCUT2D eigenvalue weighted by Gasteiger charge is -2.08. The average molecular weight is 301 g/mol. The standard InChI is InChI=1S/C15H13ClN4O/c1-9-8-13(20(2)19-9)18-15(21)11-5-6-12(16)10-4-3-7-17-14(10)11/h3-8H,1-2H3,(H,18,21). The van der Waals surface area contributed by atoms with Crippen molar-refractivity contribution in [2.75, 3.05) is 5.32 Å². The van der Waals surface area contributed by atoms with E-state index in [4.69, 9.17) is 11.6 Å². The Hall–Kier alpha value is -2.40. The first kappa shape index (κ1) is 13.6. The molecule has 1 aromatic carbocycles. The maximum Gasteiger partial charge on any atom is 0.259 e.